The maximum absolute atomic E-state index is 12.2. The number of fused-ring (bicyclic) bond motifs is 2. The molecule has 0 spiro atoms. The minimum atomic E-state index is 0.109. The van der Waals surface area contributed by atoms with Crippen molar-refractivity contribution in [3.05, 3.63) is 69.3 Å². The molecule has 4 heterocycles. The molecule has 1 saturated heterocycles. The number of thiophene rings is 1. The van der Waals surface area contributed by atoms with E-state index in [4.69, 9.17) is 16.3 Å². The Hall–Kier alpha value is -3.04. The van der Waals surface area contributed by atoms with Gasteiger partial charge in [-0.25, -0.2) is 4.98 Å². The highest BCUT2D eigenvalue weighted by molar-refractivity contribution is 7.19. The molecule has 40 heavy (non-hydrogen) atoms. The monoisotopic (exact) mass is 575 g/mol. The first-order chi connectivity index (χ1) is 19.4. The molecule has 2 aliphatic rings. The first-order valence-electron chi connectivity index (χ1n) is 13.9. The molecule has 0 saturated carbocycles. The fourth-order valence-corrected chi connectivity index (χ4v) is 7.19. The van der Waals surface area contributed by atoms with Gasteiger partial charge in [0.25, 0.3) is 0 Å². The van der Waals surface area contributed by atoms with Crippen molar-refractivity contribution in [1.82, 2.24) is 15.3 Å². The van der Waals surface area contributed by atoms with Gasteiger partial charge in [-0.3, -0.25) is 4.79 Å². The number of rotatable bonds is 6. The summed E-state index contributed by atoms with van der Waals surface area (Å²) in [6, 6.07) is 15.5. The Morgan fingerprint density at radius 3 is 2.60 bits per heavy atom. The largest absolute Gasteiger partial charge is 0.378 e. The number of hydrogen-bond acceptors (Lipinski definition) is 7. The minimum Gasteiger partial charge on any atom is -0.378 e. The zero-order valence-corrected chi connectivity index (χ0v) is 24.7. The van der Waals surface area contributed by atoms with E-state index in [1.165, 1.54) is 27.1 Å². The van der Waals surface area contributed by atoms with Crippen LogP contribution in [0.15, 0.2) is 42.5 Å². The predicted octanol–water partition coefficient (Wildman–Crippen LogP) is 6.13. The number of benzene rings is 2. The molecule has 2 aliphatic heterocycles. The molecule has 1 atom stereocenters. The third-order valence-corrected chi connectivity index (χ3v) is 9.43. The Labute approximate surface area is 244 Å². The molecule has 9 heteroatoms. The molecule has 1 N–H and O–H groups in total. The zero-order chi connectivity index (χ0) is 27.8. The lowest BCUT2D eigenvalue weighted by molar-refractivity contribution is -0.117. The second kappa shape index (κ2) is 11.4. The van der Waals surface area contributed by atoms with E-state index < -0.39 is 0 Å². The summed E-state index contributed by atoms with van der Waals surface area (Å²) in [5, 5.41) is 3.90. The number of hydrogen-bond donors (Lipinski definition) is 1. The van der Waals surface area contributed by atoms with E-state index in [-0.39, 0.29) is 11.9 Å². The van der Waals surface area contributed by atoms with Gasteiger partial charge in [0.2, 0.25) is 11.2 Å². The van der Waals surface area contributed by atoms with Gasteiger partial charge in [-0.2, -0.15) is 4.98 Å². The van der Waals surface area contributed by atoms with Crippen molar-refractivity contribution in [2.24, 2.45) is 0 Å². The number of carbonyl (C=O) groups excluding carboxylic acids is 1. The van der Waals surface area contributed by atoms with Crippen LogP contribution in [-0.2, 0) is 29.0 Å². The molecular weight excluding hydrogens is 542 g/mol. The first-order valence-corrected chi connectivity index (χ1v) is 15.1. The number of aromatic nitrogens is 2. The molecule has 208 valence electrons. The molecule has 7 nitrogen and oxygen atoms in total. The summed E-state index contributed by atoms with van der Waals surface area (Å²) >= 11 is 8.07. The number of anilines is 2. The van der Waals surface area contributed by atoms with E-state index in [1.807, 2.05) is 4.90 Å². The Morgan fingerprint density at radius 2 is 1.85 bits per heavy atom. The van der Waals surface area contributed by atoms with E-state index >= 15 is 0 Å². The number of ether oxygens (including phenoxy) is 1. The van der Waals surface area contributed by atoms with Crippen molar-refractivity contribution in [2.75, 3.05) is 36.1 Å². The van der Waals surface area contributed by atoms with Gasteiger partial charge in [-0.15, -0.1) is 11.3 Å². The van der Waals surface area contributed by atoms with Gasteiger partial charge >= 0.3 is 0 Å². The topological polar surface area (TPSA) is 70.6 Å². The van der Waals surface area contributed by atoms with Crippen LogP contribution in [0.2, 0.25) is 5.28 Å². The second-order valence-electron chi connectivity index (χ2n) is 10.7. The molecule has 1 fully saturated rings. The van der Waals surface area contributed by atoms with E-state index in [9.17, 15) is 4.79 Å². The van der Waals surface area contributed by atoms with Gasteiger partial charge in [-0.05, 0) is 78.2 Å². The van der Waals surface area contributed by atoms with E-state index in [2.05, 4.69) is 76.5 Å². The highest BCUT2D eigenvalue weighted by Gasteiger charge is 2.26. The maximum Gasteiger partial charge on any atom is 0.224 e. The Morgan fingerprint density at radius 1 is 1.10 bits per heavy atom. The minimum absolute atomic E-state index is 0.109. The number of halogens is 1. The van der Waals surface area contributed by atoms with Gasteiger partial charge in [0, 0.05) is 49.7 Å². The fourth-order valence-electron chi connectivity index (χ4n) is 5.80. The predicted molar refractivity (Wildman–Crippen MR) is 164 cm³/mol. The van der Waals surface area contributed by atoms with Gasteiger partial charge in [0.15, 0.2) is 5.82 Å². The van der Waals surface area contributed by atoms with Gasteiger partial charge in [-0.1, -0.05) is 30.3 Å². The summed E-state index contributed by atoms with van der Waals surface area (Å²) in [5.41, 5.74) is 8.01. The maximum atomic E-state index is 12.2. The molecule has 0 aliphatic carbocycles. The van der Waals surface area contributed by atoms with Crippen LogP contribution in [0.3, 0.4) is 0 Å². The third-order valence-electron chi connectivity index (χ3n) is 7.98. The van der Waals surface area contributed by atoms with Crippen molar-refractivity contribution in [1.29, 1.82) is 0 Å². The number of aryl methyl sites for hydroxylation is 2. The smallest absolute Gasteiger partial charge is 0.224 e. The number of nitrogens with zero attached hydrogens (tertiary/aromatic N) is 4. The second-order valence-corrected chi connectivity index (χ2v) is 12.1. The fraction of sp³-hybridized carbons (Fsp3) is 0.387. The van der Waals surface area contributed by atoms with E-state index in [1.54, 1.807) is 18.3 Å². The average molecular weight is 576 g/mol. The van der Waals surface area contributed by atoms with Crippen LogP contribution >= 0.6 is 22.9 Å². The van der Waals surface area contributed by atoms with E-state index in [0.717, 1.165) is 66.3 Å². The van der Waals surface area contributed by atoms with E-state index in [0.29, 0.717) is 18.5 Å². The summed E-state index contributed by atoms with van der Waals surface area (Å²) in [7, 11) is 0. The van der Waals surface area contributed by atoms with Crippen molar-refractivity contribution in [3.63, 3.8) is 0 Å². The lowest BCUT2D eigenvalue weighted by atomic mass is 9.93. The molecule has 0 bridgehead atoms. The first kappa shape index (κ1) is 27.1. The molecule has 1 amide bonds. The molecule has 2 aromatic carbocycles. The van der Waals surface area contributed by atoms with Crippen LogP contribution in [0, 0.1) is 6.92 Å². The number of morpholine rings is 1. The lowest BCUT2D eigenvalue weighted by Gasteiger charge is -2.34. The molecule has 0 unspecified atom stereocenters. The summed E-state index contributed by atoms with van der Waals surface area (Å²) in [6.45, 7) is 10.4. The summed E-state index contributed by atoms with van der Waals surface area (Å²) in [5.74, 6) is 1.03. The zero-order valence-electron chi connectivity index (χ0n) is 23.2. The van der Waals surface area contributed by atoms with Crippen LogP contribution in [0.1, 0.15) is 41.8 Å². The molecule has 4 aromatic rings. The number of nitrogens with one attached hydrogen (secondary N) is 1. The van der Waals surface area contributed by atoms with Crippen LogP contribution in [0.4, 0.5) is 11.5 Å². The SMILES string of the molecule is CC(=O)N1c2ccc(-c3ccc(CNCc4sc5c(N6CCOCC6)nc(Cl)nc5c4C)cc3)cc2CC[C@@H]1C. The Bertz CT molecular complexity index is 1550. The molecular formula is C31H34ClN5O2S. The third kappa shape index (κ3) is 5.33. The van der Waals surface area contributed by atoms with Gasteiger partial charge in [0.1, 0.15) is 0 Å². The molecule has 6 rings (SSSR count). The van der Waals surface area contributed by atoms with Crippen molar-refractivity contribution in [3.8, 4) is 11.1 Å². The standard InChI is InChI=1S/C31H34ClN5O2S/c1-19-4-7-25-16-24(10-11-26(25)37(19)21(3)38)23-8-5-22(6-9-23)17-33-18-27-20(2)28-29(40-27)30(35-31(32)34-28)36-12-14-39-15-13-36/h5-6,8-11,16,19,33H,4,7,12-15,17-18H2,1-3H3/t19-/m0/s1. The Kier molecular flexibility index (Phi) is 7.77. The highest BCUT2D eigenvalue weighted by atomic mass is 35.5. The van der Waals surface area contributed by atoms with Gasteiger partial charge in [0.05, 0.1) is 23.4 Å². The summed E-state index contributed by atoms with van der Waals surface area (Å²) in [4.78, 5) is 26.8. The molecule has 2 aromatic heterocycles. The van der Waals surface area contributed by atoms with Crippen molar-refractivity contribution >= 4 is 50.6 Å². The summed E-state index contributed by atoms with van der Waals surface area (Å²) < 4.78 is 6.61. The summed E-state index contributed by atoms with van der Waals surface area (Å²) in [6.07, 6.45) is 1.99. The van der Waals surface area contributed by atoms with Crippen molar-refractivity contribution < 1.29 is 9.53 Å². The lowest BCUT2D eigenvalue weighted by Crippen LogP contribution is -2.40. The number of amides is 1. The normalized spacial score (nSPS) is 17.4. The van der Waals surface area contributed by atoms with Gasteiger partial charge < -0.3 is 19.9 Å². The van der Waals surface area contributed by atoms with Crippen molar-refractivity contribution in [2.45, 2.75) is 52.7 Å². The average Bonchev–Trinajstić information content (AvgIpc) is 3.27. The van der Waals surface area contributed by atoms with Crippen LogP contribution in [0.5, 0.6) is 0 Å². The number of carbonyl (C=O) groups is 1. The molecule has 0 radical (unpaired) electrons. The highest BCUT2D eigenvalue weighted by Crippen LogP contribution is 2.37. The quantitative estimate of drug-likeness (QED) is 0.279. The van der Waals surface area contributed by atoms with Crippen LogP contribution < -0.4 is 15.1 Å². The van der Waals surface area contributed by atoms with Crippen LogP contribution in [0.25, 0.3) is 21.3 Å². The van der Waals surface area contributed by atoms with Crippen LogP contribution in [-0.4, -0.2) is 48.2 Å². The Balaban J connectivity index is 1.13.